The maximum Gasteiger partial charge on any atom is 0.0483 e. The Balaban J connectivity index is 1.77. The van der Waals surface area contributed by atoms with Crippen LogP contribution < -0.4 is 5.32 Å². The fraction of sp³-hybridized carbons (Fsp3) is 1.00. The van der Waals surface area contributed by atoms with Crippen molar-refractivity contribution in [1.82, 2.24) is 10.2 Å². The Labute approximate surface area is 106 Å². The first-order valence-electron chi connectivity index (χ1n) is 7.31. The van der Waals surface area contributed by atoms with Gasteiger partial charge in [-0.2, -0.15) is 0 Å². The Morgan fingerprint density at radius 2 is 1.88 bits per heavy atom. The molecule has 0 unspecified atom stereocenters. The van der Waals surface area contributed by atoms with Crippen molar-refractivity contribution in [2.45, 2.75) is 57.5 Å². The predicted octanol–water partition coefficient (Wildman–Crippen LogP) is 2.02. The highest BCUT2D eigenvalue weighted by Crippen LogP contribution is 2.30. The van der Waals surface area contributed by atoms with Crippen LogP contribution in [-0.4, -0.2) is 49.3 Å². The molecule has 0 spiro atoms. The van der Waals surface area contributed by atoms with E-state index in [1.165, 1.54) is 51.7 Å². The Kier molecular flexibility index (Phi) is 4.83. The average Bonchev–Trinajstić information content (AvgIpc) is 2.38. The summed E-state index contributed by atoms with van der Waals surface area (Å²) in [5.74, 6) is 0. The molecule has 2 rings (SSSR count). The largest absolute Gasteiger partial charge is 0.381 e. The SMILES string of the molecule is CCCNC1CCN(C2(C)CCOCC2)CC1. The van der Waals surface area contributed by atoms with E-state index in [-0.39, 0.29) is 0 Å². The Morgan fingerprint density at radius 3 is 2.47 bits per heavy atom. The van der Waals surface area contributed by atoms with Gasteiger partial charge in [0.05, 0.1) is 0 Å². The molecule has 17 heavy (non-hydrogen) atoms. The van der Waals surface area contributed by atoms with Crippen molar-refractivity contribution in [2.24, 2.45) is 0 Å². The molecular formula is C14H28N2O. The third kappa shape index (κ3) is 3.43. The summed E-state index contributed by atoms with van der Waals surface area (Å²) >= 11 is 0. The third-order valence-electron chi connectivity index (χ3n) is 4.51. The molecule has 0 aromatic carbocycles. The van der Waals surface area contributed by atoms with Gasteiger partial charge in [0, 0.05) is 37.9 Å². The number of rotatable bonds is 4. The minimum absolute atomic E-state index is 0.411. The van der Waals surface area contributed by atoms with Crippen molar-refractivity contribution in [1.29, 1.82) is 0 Å². The highest BCUT2D eigenvalue weighted by Gasteiger charge is 2.35. The second-order valence-electron chi connectivity index (χ2n) is 5.82. The molecule has 2 aliphatic heterocycles. The number of likely N-dealkylation sites (tertiary alicyclic amines) is 1. The standard InChI is InChI=1S/C14H28N2O/c1-3-8-15-13-4-9-16(10-5-13)14(2)6-11-17-12-7-14/h13,15H,3-12H2,1-2H3. The first-order chi connectivity index (χ1) is 8.24. The highest BCUT2D eigenvalue weighted by molar-refractivity contribution is 4.91. The van der Waals surface area contributed by atoms with Crippen LogP contribution >= 0.6 is 0 Å². The lowest BCUT2D eigenvalue weighted by Gasteiger charge is -2.47. The average molecular weight is 240 g/mol. The van der Waals surface area contributed by atoms with Gasteiger partial charge in [-0.25, -0.2) is 0 Å². The second kappa shape index (κ2) is 6.17. The molecule has 0 aromatic rings. The molecule has 100 valence electrons. The van der Waals surface area contributed by atoms with E-state index in [9.17, 15) is 0 Å². The van der Waals surface area contributed by atoms with Crippen molar-refractivity contribution in [3.8, 4) is 0 Å². The fourth-order valence-corrected chi connectivity index (χ4v) is 3.10. The quantitative estimate of drug-likeness (QED) is 0.813. The molecule has 2 aliphatic rings. The molecule has 0 aliphatic carbocycles. The zero-order valence-electron chi connectivity index (χ0n) is 11.5. The summed E-state index contributed by atoms with van der Waals surface area (Å²) < 4.78 is 5.49. The van der Waals surface area contributed by atoms with Gasteiger partial charge in [-0.3, -0.25) is 4.90 Å². The van der Waals surface area contributed by atoms with E-state index < -0.39 is 0 Å². The zero-order valence-corrected chi connectivity index (χ0v) is 11.5. The molecule has 3 heteroatoms. The second-order valence-corrected chi connectivity index (χ2v) is 5.82. The fourth-order valence-electron chi connectivity index (χ4n) is 3.10. The summed E-state index contributed by atoms with van der Waals surface area (Å²) in [5, 5.41) is 3.66. The minimum atomic E-state index is 0.411. The number of hydrogen-bond donors (Lipinski definition) is 1. The smallest absolute Gasteiger partial charge is 0.0483 e. The molecule has 2 saturated heterocycles. The molecule has 3 nitrogen and oxygen atoms in total. The summed E-state index contributed by atoms with van der Waals surface area (Å²) in [6.07, 6.45) is 6.29. The van der Waals surface area contributed by atoms with E-state index >= 15 is 0 Å². The number of hydrogen-bond acceptors (Lipinski definition) is 3. The van der Waals surface area contributed by atoms with Crippen molar-refractivity contribution in [3.05, 3.63) is 0 Å². The van der Waals surface area contributed by atoms with Crippen LogP contribution in [-0.2, 0) is 4.74 Å². The lowest BCUT2D eigenvalue weighted by atomic mass is 9.88. The van der Waals surface area contributed by atoms with Crippen molar-refractivity contribution >= 4 is 0 Å². The van der Waals surface area contributed by atoms with Crippen LogP contribution in [0, 0.1) is 0 Å². The van der Waals surface area contributed by atoms with E-state index in [1.54, 1.807) is 0 Å². The van der Waals surface area contributed by atoms with Gasteiger partial charge in [-0.15, -0.1) is 0 Å². The number of nitrogens with zero attached hydrogens (tertiary/aromatic N) is 1. The van der Waals surface area contributed by atoms with Crippen LogP contribution in [0.4, 0.5) is 0 Å². The molecule has 1 N–H and O–H groups in total. The molecule has 0 bridgehead atoms. The van der Waals surface area contributed by atoms with Crippen LogP contribution in [0.15, 0.2) is 0 Å². The topological polar surface area (TPSA) is 24.5 Å². The predicted molar refractivity (Wildman–Crippen MR) is 71.3 cm³/mol. The third-order valence-corrected chi connectivity index (χ3v) is 4.51. The van der Waals surface area contributed by atoms with Gasteiger partial charge in [0.1, 0.15) is 0 Å². The summed E-state index contributed by atoms with van der Waals surface area (Å²) in [6.45, 7) is 10.3. The number of ether oxygens (including phenoxy) is 1. The molecule has 0 atom stereocenters. The van der Waals surface area contributed by atoms with Gasteiger partial charge in [0.15, 0.2) is 0 Å². The lowest BCUT2D eigenvalue weighted by Crippen LogP contribution is -2.55. The molecule has 2 fully saturated rings. The molecule has 0 amide bonds. The molecule has 2 heterocycles. The van der Waals surface area contributed by atoms with Gasteiger partial charge in [-0.05, 0) is 45.6 Å². The molecular weight excluding hydrogens is 212 g/mol. The van der Waals surface area contributed by atoms with Gasteiger partial charge >= 0.3 is 0 Å². The minimum Gasteiger partial charge on any atom is -0.381 e. The number of piperidine rings is 1. The van der Waals surface area contributed by atoms with Gasteiger partial charge in [0.2, 0.25) is 0 Å². The molecule has 0 aromatic heterocycles. The highest BCUT2D eigenvalue weighted by atomic mass is 16.5. The summed E-state index contributed by atoms with van der Waals surface area (Å²) in [4.78, 5) is 2.71. The van der Waals surface area contributed by atoms with Crippen LogP contribution in [0.1, 0.15) is 46.0 Å². The van der Waals surface area contributed by atoms with Crippen molar-refractivity contribution in [2.75, 3.05) is 32.8 Å². The van der Waals surface area contributed by atoms with Crippen molar-refractivity contribution < 1.29 is 4.74 Å². The van der Waals surface area contributed by atoms with Crippen LogP contribution in [0.5, 0.6) is 0 Å². The number of nitrogens with one attached hydrogen (secondary N) is 1. The van der Waals surface area contributed by atoms with Crippen LogP contribution in [0.2, 0.25) is 0 Å². The summed E-state index contributed by atoms with van der Waals surface area (Å²) in [6, 6.07) is 0.759. The maximum absolute atomic E-state index is 5.49. The maximum atomic E-state index is 5.49. The lowest BCUT2D eigenvalue weighted by molar-refractivity contribution is -0.0294. The van der Waals surface area contributed by atoms with Crippen LogP contribution in [0.25, 0.3) is 0 Å². The molecule has 0 radical (unpaired) electrons. The van der Waals surface area contributed by atoms with Crippen LogP contribution in [0.3, 0.4) is 0 Å². The monoisotopic (exact) mass is 240 g/mol. The van der Waals surface area contributed by atoms with E-state index in [0.717, 1.165) is 19.3 Å². The molecule has 0 saturated carbocycles. The summed E-state index contributed by atoms with van der Waals surface area (Å²) in [7, 11) is 0. The first kappa shape index (κ1) is 13.3. The Bertz CT molecular complexity index is 218. The van der Waals surface area contributed by atoms with Gasteiger partial charge < -0.3 is 10.1 Å². The normalized spacial score (nSPS) is 27.2. The Morgan fingerprint density at radius 1 is 1.24 bits per heavy atom. The van der Waals surface area contributed by atoms with E-state index in [4.69, 9.17) is 4.74 Å². The van der Waals surface area contributed by atoms with Crippen molar-refractivity contribution in [3.63, 3.8) is 0 Å². The first-order valence-corrected chi connectivity index (χ1v) is 7.31. The van der Waals surface area contributed by atoms with E-state index in [1.807, 2.05) is 0 Å². The van der Waals surface area contributed by atoms with E-state index in [2.05, 4.69) is 24.1 Å². The van der Waals surface area contributed by atoms with Gasteiger partial charge in [0.25, 0.3) is 0 Å². The van der Waals surface area contributed by atoms with Gasteiger partial charge in [-0.1, -0.05) is 6.92 Å². The summed E-state index contributed by atoms with van der Waals surface area (Å²) in [5.41, 5.74) is 0.411. The Hall–Kier alpha value is -0.120. The zero-order chi connectivity index (χ0) is 12.1. The van der Waals surface area contributed by atoms with E-state index in [0.29, 0.717) is 5.54 Å².